The highest BCUT2D eigenvalue weighted by atomic mass is 16.5. The van der Waals surface area contributed by atoms with Crippen molar-refractivity contribution in [2.75, 3.05) is 6.54 Å². The number of hydrogen-bond acceptors (Lipinski definition) is 2. The van der Waals surface area contributed by atoms with E-state index in [9.17, 15) is 0 Å². The fraction of sp³-hybridized carbons (Fsp3) is 0.105. The second-order valence-electron chi connectivity index (χ2n) is 4.94. The lowest BCUT2D eigenvalue weighted by Gasteiger charge is -2.11. The van der Waals surface area contributed by atoms with E-state index in [1.165, 1.54) is 0 Å². The summed E-state index contributed by atoms with van der Waals surface area (Å²) in [6, 6.07) is 20.1. The Morgan fingerprint density at radius 3 is 2.43 bits per heavy atom. The minimum absolute atomic E-state index is 0.0693. The van der Waals surface area contributed by atoms with Gasteiger partial charge in [0.15, 0.2) is 0 Å². The van der Waals surface area contributed by atoms with Crippen LogP contribution in [-0.4, -0.2) is 18.5 Å². The van der Waals surface area contributed by atoms with Crippen LogP contribution >= 0.6 is 0 Å². The lowest BCUT2D eigenvalue weighted by atomic mass is 10.1. The summed E-state index contributed by atoms with van der Waals surface area (Å²) in [5.74, 6) is 0.704. The monoisotopic (exact) mass is 275 g/mol. The largest absolute Gasteiger partial charge is 0.467 e. The first-order valence-electron chi connectivity index (χ1n) is 7.01. The van der Waals surface area contributed by atoms with E-state index in [0.29, 0.717) is 12.4 Å². The number of aliphatic imine (C=N–C) groups is 1. The summed E-state index contributed by atoms with van der Waals surface area (Å²) in [5, 5.41) is 0. The van der Waals surface area contributed by atoms with Crippen LogP contribution in [0.3, 0.4) is 0 Å². The van der Waals surface area contributed by atoms with E-state index in [4.69, 9.17) is 4.74 Å². The Labute approximate surface area is 125 Å². The van der Waals surface area contributed by atoms with Crippen molar-refractivity contribution in [3.05, 3.63) is 90.0 Å². The molecule has 2 aromatic carbocycles. The van der Waals surface area contributed by atoms with Crippen LogP contribution in [0.2, 0.25) is 0 Å². The van der Waals surface area contributed by atoms with Crippen LogP contribution < -0.4 is 0 Å². The molecule has 0 radical (unpaired) electrons. The summed E-state index contributed by atoms with van der Waals surface area (Å²) in [4.78, 5) is 4.46. The van der Waals surface area contributed by atoms with Gasteiger partial charge in [-0.25, -0.2) is 4.99 Å². The third-order valence-corrected chi connectivity index (χ3v) is 3.38. The average molecular weight is 275 g/mol. The van der Waals surface area contributed by atoms with E-state index < -0.39 is 0 Å². The minimum atomic E-state index is -0.0693. The highest BCUT2D eigenvalue weighted by molar-refractivity contribution is 5.95. The van der Waals surface area contributed by atoms with Crippen LogP contribution in [0.1, 0.15) is 11.1 Å². The van der Waals surface area contributed by atoms with E-state index in [0.717, 1.165) is 16.7 Å². The van der Waals surface area contributed by atoms with Gasteiger partial charge in [-0.1, -0.05) is 67.3 Å². The molecule has 0 spiro atoms. The van der Waals surface area contributed by atoms with Gasteiger partial charge in [-0.2, -0.15) is 0 Å². The Morgan fingerprint density at radius 1 is 1.05 bits per heavy atom. The van der Waals surface area contributed by atoms with Crippen molar-refractivity contribution in [3.63, 3.8) is 0 Å². The summed E-state index contributed by atoms with van der Waals surface area (Å²) in [5.41, 5.74) is 3.11. The fourth-order valence-corrected chi connectivity index (χ4v) is 2.18. The zero-order valence-electron chi connectivity index (χ0n) is 11.8. The van der Waals surface area contributed by atoms with E-state index in [2.05, 4.69) is 23.7 Å². The van der Waals surface area contributed by atoms with Gasteiger partial charge in [-0.05, 0) is 23.3 Å². The van der Waals surface area contributed by atoms with Crippen LogP contribution in [0.5, 0.6) is 0 Å². The molecular formula is C19H17NO. The van der Waals surface area contributed by atoms with Gasteiger partial charge in [-0.3, -0.25) is 0 Å². The van der Waals surface area contributed by atoms with Crippen molar-refractivity contribution >= 4 is 12.0 Å². The van der Waals surface area contributed by atoms with Crippen molar-refractivity contribution in [3.8, 4) is 0 Å². The minimum Gasteiger partial charge on any atom is -0.467 e. The number of ether oxygens (including phenoxy) is 1. The molecule has 2 heteroatoms. The highest BCUT2D eigenvalue weighted by Crippen LogP contribution is 2.18. The summed E-state index contributed by atoms with van der Waals surface area (Å²) in [7, 11) is 0. The van der Waals surface area contributed by atoms with Crippen molar-refractivity contribution in [1.29, 1.82) is 0 Å². The van der Waals surface area contributed by atoms with Gasteiger partial charge in [0.25, 0.3) is 0 Å². The number of hydrogen-bond donors (Lipinski definition) is 0. The Kier molecular flexibility index (Phi) is 3.97. The maximum Gasteiger partial charge on any atom is 0.216 e. The number of nitrogens with zero attached hydrogens (tertiary/aromatic N) is 1. The Hall–Kier alpha value is -2.61. The Morgan fingerprint density at radius 2 is 1.71 bits per heavy atom. The standard InChI is InChI=1S/C19H17NO/c1-15(12-13-16-8-4-2-5-9-16)18-14-20-19(21-18)17-10-6-3-7-11-17/h2-13,18H,1,14H2/b13-12+. The molecule has 1 unspecified atom stereocenters. The molecule has 0 bridgehead atoms. The van der Waals surface area contributed by atoms with E-state index >= 15 is 0 Å². The normalized spacial score (nSPS) is 17.5. The van der Waals surface area contributed by atoms with Crippen molar-refractivity contribution < 1.29 is 4.74 Å². The van der Waals surface area contributed by atoms with Crippen LogP contribution in [0.15, 0.2) is 83.9 Å². The highest BCUT2D eigenvalue weighted by Gasteiger charge is 2.22. The maximum atomic E-state index is 5.90. The Bertz CT molecular complexity index is 671. The van der Waals surface area contributed by atoms with Gasteiger partial charge in [0.1, 0.15) is 6.10 Å². The topological polar surface area (TPSA) is 21.6 Å². The smallest absolute Gasteiger partial charge is 0.216 e. The molecule has 1 heterocycles. The molecule has 3 rings (SSSR count). The summed E-state index contributed by atoms with van der Waals surface area (Å²) < 4.78 is 5.90. The quantitative estimate of drug-likeness (QED) is 0.770. The lowest BCUT2D eigenvalue weighted by molar-refractivity contribution is 0.266. The van der Waals surface area contributed by atoms with Gasteiger partial charge < -0.3 is 4.74 Å². The predicted molar refractivity (Wildman–Crippen MR) is 87.3 cm³/mol. The lowest BCUT2D eigenvalue weighted by Crippen LogP contribution is -2.14. The summed E-state index contributed by atoms with van der Waals surface area (Å²) >= 11 is 0. The van der Waals surface area contributed by atoms with Crippen LogP contribution in [-0.2, 0) is 4.74 Å². The Balaban J connectivity index is 1.63. The molecule has 2 nitrogen and oxygen atoms in total. The molecule has 0 amide bonds. The van der Waals surface area contributed by atoms with Crippen LogP contribution in [0, 0.1) is 0 Å². The molecule has 0 saturated heterocycles. The molecule has 1 aliphatic heterocycles. The fourth-order valence-electron chi connectivity index (χ4n) is 2.18. The molecule has 0 aliphatic carbocycles. The molecule has 0 fully saturated rings. The van der Waals surface area contributed by atoms with E-state index in [1.54, 1.807) is 0 Å². The van der Waals surface area contributed by atoms with Crippen molar-refractivity contribution in [2.24, 2.45) is 4.99 Å². The van der Waals surface area contributed by atoms with Gasteiger partial charge in [0.2, 0.25) is 5.90 Å². The van der Waals surface area contributed by atoms with E-state index in [-0.39, 0.29) is 6.10 Å². The molecule has 21 heavy (non-hydrogen) atoms. The number of benzene rings is 2. The zero-order chi connectivity index (χ0) is 14.5. The molecule has 1 atom stereocenters. The van der Waals surface area contributed by atoms with Gasteiger partial charge in [-0.15, -0.1) is 0 Å². The summed E-state index contributed by atoms with van der Waals surface area (Å²) in [6.07, 6.45) is 3.98. The molecule has 1 aliphatic rings. The second-order valence-corrected chi connectivity index (χ2v) is 4.94. The molecule has 0 aromatic heterocycles. The molecular weight excluding hydrogens is 258 g/mol. The first-order valence-corrected chi connectivity index (χ1v) is 7.01. The number of rotatable bonds is 4. The SMILES string of the molecule is C=C(/C=C/c1ccccc1)C1CN=C(c2ccccc2)O1. The van der Waals surface area contributed by atoms with Crippen molar-refractivity contribution in [1.82, 2.24) is 0 Å². The van der Waals surface area contributed by atoms with Gasteiger partial charge >= 0.3 is 0 Å². The van der Waals surface area contributed by atoms with Crippen LogP contribution in [0.25, 0.3) is 6.08 Å². The molecule has 0 saturated carbocycles. The van der Waals surface area contributed by atoms with Gasteiger partial charge in [0, 0.05) is 5.56 Å². The van der Waals surface area contributed by atoms with Crippen molar-refractivity contribution in [2.45, 2.75) is 6.10 Å². The maximum absolute atomic E-state index is 5.90. The van der Waals surface area contributed by atoms with Gasteiger partial charge in [0.05, 0.1) is 6.54 Å². The van der Waals surface area contributed by atoms with E-state index in [1.807, 2.05) is 60.7 Å². The summed E-state index contributed by atoms with van der Waals surface area (Å²) in [6.45, 7) is 4.72. The predicted octanol–water partition coefficient (Wildman–Crippen LogP) is 4.10. The molecule has 2 aromatic rings. The third-order valence-electron chi connectivity index (χ3n) is 3.38. The molecule has 0 N–H and O–H groups in total. The van der Waals surface area contributed by atoms with Crippen LogP contribution in [0.4, 0.5) is 0 Å². The third kappa shape index (κ3) is 3.29. The second kappa shape index (κ2) is 6.23. The first-order chi connectivity index (χ1) is 10.3. The first kappa shape index (κ1) is 13.4. The zero-order valence-corrected chi connectivity index (χ0v) is 11.8. The average Bonchev–Trinajstić information content (AvgIpc) is 3.04. The molecule has 104 valence electrons.